The summed E-state index contributed by atoms with van der Waals surface area (Å²) in [6.07, 6.45) is 4.17. The Hall–Kier alpha value is -2.08. The Morgan fingerprint density at radius 3 is 2.90 bits per heavy atom. The summed E-state index contributed by atoms with van der Waals surface area (Å²) in [7, 11) is 1.96. The average Bonchev–Trinajstić information content (AvgIpc) is 2.44. The van der Waals surface area contributed by atoms with Crippen LogP contribution in [0.1, 0.15) is 19.3 Å². The zero-order valence-corrected chi connectivity index (χ0v) is 11.6. The maximum Gasteiger partial charge on any atom is 0.258 e. The van der Waals surface area contributed by atoms with E-state index in [1.54, 1.807) is 6.07 Å². The van der Waals surface area contributed by atoms with Gasteiger partial charge in [0.25, 0.3) is 5.56 Å². The molecule has 0 unspecified atom stereocenters. The highest BCUT2D eigenvalue weighted by Crippen LogP contribution is 2.26. The van der Waals surface area contributed by atoms with Crippen LogP contribution in [-0.4, -0.2) is 35.3 Å². The number of unbranched alkanes of at least 4 members (excludes halogenated alkanes) is 2. The number of hydrogen-bond acceptors (Lipinski definition) is 5. The van der Waals surface area contributed by atoms with Crippen molar-refractivity contribution in [1.82, 2.24) is 9.97 Å². The third-order valence-electron chi connectivity index (χ3n) is 3.35. The van der Waals surface area contributed by atoms with Gasteiger partial charge in [0.05, 0.1) is 28.6 Å². The van der Waals surface area contributed by atoms with Gasteiger partial charge in [-0.15, -0.1) is 0 Å². The quantitative estimate of drug-likeness (QED) is 0.542. The fourth-order valence-corrected chi connectivity index (χ4v) is 2.21. The molecule has 20 heavy (non-hydrogen) atoms. The maximum atomic E-state index is 11.7. The number of aliphatic hydroxyl groups is 1. The molecule has 1 aromatic carbocycles. The van der Waals surface area contributed by atoms with E-state index >= 15 is 0 Å². The van der Waals surface area contributed by atoms with E-state index in [0.717, 1.165) is 31.5 Å². The van der Waals surface area contributed by atoms with E-state index in [1.807, 2.05) is 13.1 Å². The van der Waals surface area contributed by atoms with Gasteiger partial charge in [-0.1, -0.05) is 0 Å². The molecule has 0 saturated carbocycles. The van der Waals surface area contributed by atoms with E-state index in [4.69, 9.17) is 10.8 Å². The van der Waals surface area contributed by atoms with Crippen molar-refractivity contribution in [2.24, 2.45) is 0 Å². The lowest BCUT2D eigenvalue weighted by atomic mass is 10.1. The third-order valence-corrected chi connectivity index (χ3v) is 3.35. The van der Waals surface area contributed by atoms with E-state index in [1.165, 1.54) is 6.33 Å². The normalized spacial score (nSPS) is 10.9. The molecule has 0 saturated heterocycles. The first-order chi connectivity index (χ1) is 9.63. The first-order valence-corrected chi connectivity index (χ1v) is 6.72. The van der Waals surface area contributed by atoms with Crippen LogP contribution in [0.5, 0.6) is 0 Å². The van der Waals surface area contributed by atoms with Crippen LogP contribution < -0.4 is 16.2 Å². The Kier molecular flexibility index (Phi) is 4.57. The van der Waals surface area contributed by atoms with Gasteiger partial charge in [-0.05, 0) is 31.4 Å². The number of rotatable bonds is 6. The van der Waals surface area contributed by atoms with Crippen molar-refractivity contribution < 1.29 is 5.11 Å². The molecule has 1 heterocycles. The van der Waals surface area contributed by atoms with Crippen LogP contribution in [0.3, 0.4) is 0 Å². The second-order valence-electron chi connectivity index (χ2n) is 4.87. The van der Waals surface area contributed by atoms with Crippen molar-refractivity contribution in [3.8, 4) is 0 Å². The molecule has 0 bridgehead atoms. The van der Waals surface area contributed by atoms with Crippen molar-refractivity contribution in [3.63, 3.8) is 0 Å². The number of nitrogens with one attached hydrogen (secondary N) is 1. The van der Waals surface area contributed by atoms with Gasteiger partial charge in [-0.2, -0.15) is 0 Å². The lowest BCUT2D eigenvalue weighted by molar-refractivity contribution is 0.283. The summed E-state index contributed by atoms with van der Waals surface area (Å²) >= 11 is 0. The Bertz CT molecular complexity index is 639. The summed E-state index contributed by atoms with van der Waals surface area (Å²) < 4.78 is 0. The van der Waals surface area contributed by atoms with Crippen molar-refractivity contribution in [3.05, 3.63) is 28.8 Å². The number of hydrogen-bond donors (Lipinski definition) is 3. The lowest BCUT2D eigenvalue weighted by Crippen LogP contribution is -2.20. The minimum Gasteiger partial charge on any atom is -0.397 e. The van der Waals surface area contributed by atoms with Gasteiger partial charge in [-0.25, -0.2) is 4.98 Å². The number of nitrogens with two attached hydrogens (primary N) is 1. The molecule has 1 aromatic heterocycles. The van der Waals surface area contributed by atoms with Crippen molar-refractivity contribution in [1.29, 1.82) is 0 Å². The molecule has 4 N–H and O–H groups in total. The zero-order valence-electron chi connectivity index (χ0n) is 11.6. The molecular weight excluding hydrogens is 256 g/mol. The highest BCUT2D eigenvalue weighted by atomic mass is 16.2. The SMILES string of the molecule is CN(CCCCCO)c1cc2nc[nH]c(=O)c2cc1N. The Morgan fingerprint density at radius 2 is 2.15 bits per heavy atom. The fraction of sp³-hybridized carbons (Fsp3) is 0.429. The second-order valence-corrected chi connectivity index (χ2v) is 4.87. The monoisotopic (exact) mass is 276 g/mol. The molecule has 6 nitrogen and oxygen atoms in total. The number of anilines is 2. The van der Waals surface area contributed by atoms with Gasteiger partial charge in [0.15, 0.2) is 0 Å². The number of benzene rings is 1. The van der Waals surface area contributed by atoms with Crippen LogP contribution in [0.2, 0.25) is 0 Å². The van der Waals surface area contributed by atoms with Gasteiger partial charge in [0.1, 0.15) is 0 Å². The first-order valence-electron chi connectivity index (χ1n) is 6.72. The summed E-state index contributed by atoms with van der Waals surface area (Å²) in [6.45, 7) is 1.08. The molecular formula is C14H20N4O2. The van der Waals surface area contributed by atoms with Crippen molar-refractivity contribution in [2.45, 2.75) is 19.3 Å². The largest absolute Gasteiger partial charge is 0.397 e. The van der Waals surface area contributed by atoms with Gasteiger partial charge in [0.2, 0.25) is 0 Å². The summed E-state index contributed by atoms with van der Waals surface area (Å²) in [5, 5.41) is 9.26. The second kappa shape index (κ2) is 6.38. The molecule has 0 aliphatic carbocycles. The Balaban J connectivity index is 2.21. The average molecular weight is 276 g/mol. The predicted molar refractivity (Wildman–Crippen MR) is 81.0 cm³/mol. The fourth-order valence-electron chi connectivity index (χ4n) is 2.21. The number of fused-ring (bicyclic) bond motifs is 1. The van der Waals surface area contributed by atoms with Crippen molar-refractivity contribution in [2.75, 3.05) is 30.8 Å². The molecule has 0 aliphatic heterocycles. The Morgan fingerprint density at radius 1 is 1.35 bits per heavy atom. The molecule has 2 aromatic rings. The first kappa shape index (κ1) is 14.3. The highest BCUT2D eigenvalue weighted by molar-refractivity contribution is 5.88. The summed E-state index contributed by atoms with van der Waals surface area (Å²) in [4.78, 5) is 20.4. The molecule has 2 rings (SSSR count). The van der Waals surface area contributed by atoms with E-state index < -0.39 is 0 Å². The number of nitrogen functional groups attached to an aromatic ring is 1. The predicted octanol–water partition coefficient (Wildman–Crippen LogP) is 1.10. The number of aromatic nitrogens is 2. The van der Waals surface area contributed by atoms with Crippen LogP contribution in [0, 0.1) is 0 Å². The molecule has 0 fully saturated rings. The number of nitrogens with zero attached hydrogens (tertiary/aromatic N) is 2. The number of aliphatic hydroxyl groups excluding tert-OH is 1. The van der Waals surface area contributed by atoms with E-state index in [0.29, 0.717) is 16.6 Å². The molecule has 0 spiro atoms. The molecule has 0 aliphatic rings. The molecule has 0 amide bonds. The molecule has 0 atom stereocenters. The summed E-state index contributed by atoms with van der Waals surface area (Å²) in [5.74, 6) is 0. The third kappa shape index (κ3) is 3.08. The smallest absolute Gasteiger partial charge is 0.258 e. The van der Waals surface area contributed by atoms with Gasteiger partial charge in [-0.3, -0.25) is 4.79 Å². The van der Waals surface area contributed by atoms with E-state index in [9.17, 15) is 4.79 Å². The topological polar surface area (TPSA) is 95.2 Å². The minimum absolute atomic E-state index is 0.182. The van der Waals surface area contributed by atoms with Gasteiger partial charge < -0.3 is 20.7 Å². The highest BCUT2D eigenvalue weighted by Gasteiger charge is 2.09. The summed E-state index contributed by atoms with van der Waals surface area (Å²) in [5.41, 5.74) is 7.93. The van der Waals surface area contributed by atoms with Crippen molar-refractivity contribution >= 4 is 22.3 Å². The number of H-pyrrole nitrogens is 1. The van der Waals surface area contributed by atoms with Gasteiger partial charge >= 0.3 is 0 Å². The van der Waals surface area contributed by atoms with Crippen LogP contribution in [0.4, 0.5) is 11.4 Å². The zero-order chi connectivity index (χ0) is 14.5. The Labute approximate surface area is 117 Å². The summed E-state index contributed by atoms with van der Waals surface area (Å²) in [6, 6.07) is 3.51. The lowest BCUT2D eigenvalue weighted by Gasteiger charge is -2.21. The van der Waals surface area contributed by atoms with E-state index in [2.05, 4.69) is 14.9 Å². The maximum absolute atomic E-state index is 11.7. The number of aromatic amines is 1. The van der Waals surface area contributed by atoms with Gasteiger partial charge in [0, 0.05) is 20.2 Å². The van der Waals surface area contributed by atoms with Crippen LogP contribution in [-0.2, 0) is 0 Å². The minimum atomic E-state index is -0.182. The molecule has 0 radical (unpaired) electrons. The van der Waals surface area contributed by atoms with Crippen LogP contribution in [0.25, 0.3) is 10.9 Å². The van der Waals surface area contributed by atoms with E-state index in [-0.39, 0.29) is 12.2 Å². The van der Waals surface area contributed by atoms with Crippen LogP contribution in [0.15, 0.2) is 23.3 Å². The standard InChI is InChI=1S/C14H20N4O2/c1-18(5-3-2-4-6-19)13-8-12-10(7-11(13)15)14(20)17-9-16-12/h7-9,19H,2-6,15H2,1H3,(H,16,17,20). The molecule has 6 heteroatoms. The van der Waals surface area contributed by atoms with Crippen LogP contribution >= 0.6 is 0 Å². The molecule has 108 valence electrons.